The first-order valence-electron chi connectivity index (χ1n) is 13.4. The molecule has 0 heterocycles. The molecule has 232 valence electrons. The number of benzene rings is 3. The van der Waals surface area contributed by atoms with Crippen LogP contribution in [0.3, 0.4) is 0 Å². The van der Waals surface area contributed by atoms with Crippen LogP contribution in [0.1, 0.15) is 25.8 Å². The zero-order valence-corrected chi connectivity index (χ0v) is 26.9. The molecular weight excluding hydrogens is 617 g/mol. The molecule has 0 aliphatic heterocycles. The van der Waals surface area contributed by atoms with E-state index in [1.54, 1.807) is 37.3 Å². The van der Waals surface area contributed by atoms with Crippen LogP contribution in [0.15, 0.2) is 65.6 Å². The molecule has 0 radical (unpaired) electrons. The number of methoxy groups -OCH3 is 3. The molecule has 3 rings (SSSR count). The van der Waals surface area contributed by atoms with Gasteiger partial charge in [0.15, 0.2) is 11.5 Å². The van der Waals surface area contributed by atoms with Crippen molar-refractivity contribution in [3.05, 3.63) is 76.3 Å². The SMILES string of the molecule is CCCNC(=O)[C@@H](C)N(Cc1ccc(Cl)cc1)C(=O)CN(c1cc(Cl)ccc1OC)S(=O)(=O)c1ccc(OC)c(OC)c1. The van der Waals surface area contributed by atoms with Gasteiger partial charge in [-0.15, -0.1) is 0 Å². The summed E-state index contributed by atoms with van der Waals surface area (Å²) in [7, 11) is -0.241. The van der Waals surface area contributed by atoms with Gasteiger partial charge in [-0.3, -0.25) is 13.9 Å². The Balaban J connectivity index is 2.13. The summed E-state index contributed by atoms with van der Waals surface area (Å²) in [5, 5.41) is 3.54. The van der Waals surface area contributed by atoms with Gasteiger partial charge in [0.25, 0.3) is 10.0 Å². The lowest BCUT2D eigenvalue weighted by molar-refractivity contribution is -0.139. The standard InChI is InChI=1S/C30H35Cl2N3O7S/c1-6-15-33-30(37)20(2)34(18-21-7-9-22(31)10-8-21)29(36)19-35(25-16-23(32)11-13-26(25)40-3)43(38,39)24-12-14-27(41-4)28(17-24)42-5/h7-14,16-17,20H,6,15,18-19H2,1-5H3,(H,33,37)/t20-/m1/s1. The van der Waals surface area contributed by atoms with Crippen LogP contribution in [-0.4, -0.2) is 65.6 Å². The third kappa shape index (κ3) is 8.25. The van der Waals surface area contributed by atoms with E-state index in [0.717, 1.165) is 4.31 Å². The Morgan fingerprint density at radius 2 is 1.47 bits per heavy atom. The minimum atomic E-state index is -4.43. The zero-order chi connectivity index (χ0) is 31.7. The van der Waals surface area contributed by atoms with E-state index >= 15 is 0 Å². The maximum Gasteiger partial charge on any atom is 0.265 e. The summed E-state index contributed by atoms with van der Waals surface area (Å²) >= 11 is 12.3. The van der Waals surface area contributed by atoms with E-state index in [0.29, 0.717) is 29.3 Å². The van der Waals surface area contributed by atoms with E-state index in [4.69, 9.17) is 37.4 Å². The molecule has 0 aliphatic carbocycles. The van der Waals surface area contributed by atoms with Crippen molar-refractivity contribution >= 4 is 50.7 Å². The average Bonchev–Trinajstić information content (AvgIpc) is 3.01. The number of ether oxygens (including phenoxy) is 3. The van der Waals surface area contributed by atoms with Gasteiger partial charge in [0, 0.05) is 29.2 Å². The number of anilines is 1. The molecule has 1 atom stereocenters. The number of amides is 2. The number of nitrogens with zero attached hydrogens (tertiary/aromatic N) is 2. The molecule has 0 unspecified atom stereocenters. The number of nitrogens with one attached hydrogen (secondary N) is 1. The van der Waals surface area contributed by atoms with Gasteiger partial charge in [-0.2, -0.15) is 0 Å². The summed E-state index contributed by atoms with van der Waals surface area (Å²) in [4.78, 5) is 28.3. The molecule has 0 saturated carbocycles. The van der Waals surface area contributed by atoms with Crippen molar-refractivity contribution in [2.24, 2.45) is 0 Å². The molecule has 10 nitrogen and oxygen atoms in total. The van der Waals surface area contributed by atoms with Crippen LogP contribution in [0.2, 0.25) is 10.0 Å². The topological polar surface area (TPSA) is 114 Å². The van der Waals surface area contributed by atoms with Crippen LogP contribution in [0, 0.1) is 0 Å². The average molecular weight is 653 g/mol. The van der Waals surface area contributed by atoms with Crippen molar-refractivity contribution in [2.45, 2.75) is 37.8 Å². The molecule has 0 aromatic heterocycles. The molecule has 43 heavy (non-hydrogen) atoms. The van der Waals surface area contributed by atoms with Gasteiger partial charge < -0.3 is 24.4 Å². The summed E-state index contributed by atoms with van der Waals surface area (Å²) in [6, 6.07) is 14.4. The summed E-state index contributed by atoms with van der Waals surface area (Å²) in [5.41, 5.74) is 0.732. The molecule has 2 amide bonds. The van der Waals surface area contributed by atoms with Crippen molar-refractivity contribution in [3.63, 3.8) is 0 Å². The summed E-state index contributed by atoms with van der Waals surface area (Å²) in [6.45, 7) is 3.27. The largest absolute Gasteiger partial charge is 0.495 e. The van der Waals surface area contributed by atoms with Crippen molar-refractivity contribution in [1.82, 2.24) is 10.2 Å². The molecule has 0 aliphatic rings. The highest BCUT2D eigenvalue weighted by Gasteiger charge is 2.34. The minimum absolute atomic E-state index is 0.0215. The monoisotopic (exact) mass is 651 g/mol. The van der Waals surface area contributed by atoms with Crippen molar-refractivity contribution in [1.29, 1.82) is 0 Å². The number of sulfonamides is 1. The van der Waals surface area contributed by atoms with E-state index in [2.05, 4.69) is 5.32 Å². The summed E-state index contributed by atoms with van der Waals surface area (Å²) < 4.78 is 45.4. The van der Waals surface area contributed by atoms with E-state index < -0.39 is 28.5 Å². The van der Waals surface area contributed by atoms with Gasteiger partial charge in [-0.1, -0.05) is 42.3 Å². The van der Waals surface area contributed by atoms with E-state index in [1.165, 1.54) is 56.6 Å². The number of carbonyl (C=O) groups is 2. The first-order valence-corrected chi connectivity index (χ1v) is 15.6. The maximum absolute atomic E-state index is 14.2. The Hall–Kier alpha value is -3.67. The molecule has 1 N–H and O–H groups in total. The van der Waals surface area contributed by atoms with Crippen LogP contribution in [-0.2, 0) is 26.2 Å². The number of carbonyl (C=O) groups excluding carboxylic acids is 2. The molecule has 0 bridgehead atoms. The van der Waals surface area contributed by atoms with Gasteiger partial charge in [0.1, 0.15) is 18.3 Å². The van der Waals surface area contributed by atoms with E-state index in [-0.39, 0.29) is 39.6 Å². The number of hydrogen-bond acceptors (Lipinski definition) is 7. The summed E-state index contributed by atoms with van der Waals surface area (Å²) in [6.07, 6.45) is 0.704. The number of halogens is 2. The van der Waals surface area contributed by atoms with Crippen molar-refractivity contribution < 1.29 is 32.2 Å². The van der Waals surface area contributed by atoms with Gasteiger partial charge >= 0.3 is 0 Å². The predicted octanol–water partition coefficient (Wildman–Crippen LogP) is 5.16. The van der Waals surface area contributed by atoms with Gasteiger partial charge in [0.05, 0.1) is 31.9 Å². The van der Waals surface area contributed by atoms with Crippen LogP contribution < -0.4 is 23.8 Å². The molecule has 3 aromatic rings. The fourth-order valence-electron chi connectivity index (χ4n) is 4.24. The third-order valence-corrected chi connectivity index (χ3v) is 8.86. The molecular formula is C30H35Cl2N3O7S. The van der Waals surface area contributed by atoms with Gasteiger partial charge in [0.2, 0.25) is 11.8 Å². The van der Waals surface area contributed by atoms with E-state index in [1.807, 2.05) is 6.92 Å². The Bertz CT molecular complexity index is 1540. The maximum atomic E-state index is 14.2. The lowest BCUT2D eigenvalue weighted by atomic mass is 10.1. The second kappa shape index (κ2) is 15.2. The van der Waals surface area contributed by atoms with Gasteiger partial charge in [-0.05, 0) is 61.4 Å². The summed E-state index contributed by atoms with van der Waals surface area (Å²) in [5.74, 6) is -0.345. The first kappa shape index (κ1) is 33.8. The smallest absolute Gasteiger partial charge is 0.265 e. The molecule has 0 spiro atoms. The molecule has 13 heteroatoms. The molecule has 0 saturated heterocycles. The van der Waals surface area contributed by atoms with Gasteiger partial charge in [-0.25, -0.2) is 8.42 Å². The van der Waals surface area contributed by atoms with Crippen LogP contribution in [0.25, 0.3) is 0 Å². The highest BCUT2D eigenvalue weighted by atomic mass is 35.5. The fraction of sp³-hybridized carbons (Fsp3) is 0.333. The van der Waals surface area contributed by atoms with Crippen LogP contribution >= 0.6 is 23.2 Å². The number of rotatable bonds is 14. The first-order chi connectivity index (χ1) is 20.5. The second-order valence-electron chi connectivity index (χ2n) is 9.46. The quantitative estimate of drug-likeness (QED) is 0.256. The van der Waals surface area contributed by atoms with Crippen molar-refractivity contribution in [2.75, 3.05) is 38.7 Å². The molecule has 3 aromatic carbocycles. The molecule has 0 fully saturated rings. The highest BCUT2D eigenvalue weighted by Crippen LogP contribution is 2.37. The van der Waals surface area contributed by atoms with E-state index in [9.17, 15) is 18.0 Å². The normalized spacial score (nSPS) is 11.8. The van der Waals surface area contributed by atoms with Crippen molar-refractivity contribution in [3.8, 4) is 17.2 Å². The van der Waals surface area contributed by atoms with Crippen LogP contribution in [0.4, 0.5) is 5.69 Å². The Morgan fingerprint density at radius 3 is 2.07 bits per heavy atom. The lowest BCUT2D eigenvalue weighted by Gasteiger charge is -2.32. The van der Waals surface area contributed by atoms with Crippen LogP contribution in [0.5, 0.6) is 17.2 Å². The zero-order valence-electron chi connectivity index (χ0n) is 24.6. The minimum Gasteiger partial charge on any atom is -0.495 e. The Kier molecular flexibility index (Phi) is 11.9. The predicted molar refractivity (Wildman–Crippen MR) is 167 cm³/mol. The number of hydrogen-bond donors (Lipinski definition) is 1. The highest BCUT2D eigenvalue weighted by molar-refractivity contribution is 7.92. The Morgan fingerprint density at radius 1 is 0.860 bits per heavy atom. The lowest BCUT2D eigenvalue weighted by Crippen LogP contribution is -2.51. The fourth-order valence-corrected chi connectivity index (χ4v) is 5.97. The second-order valence-corrected chi connectivity index (χ2v) is 12.2. The Labute approximate surface area is 262 Å². The third-order valence-electron chi connectivity index (χ3n) is 6.61.